The van der Waals surface area contributed by atoms with Gasteiger partial charge in [-0.05, 0) is 35.4 Å². The normalized spacial score (nSPS) is 10.4. The van der Waals surface area contributed by atoms with Crippen LogP contribution in [0.25, 0.3) is 0 Å². The molecule has 0 bridgehead atoms. The summed E-state index contributed by atoms with van der Waals surface area (Å²) in [5.74, 6) is 0.220. The number of ether oxygens (including phenoxy) is 1. The molecule has 2 aromatic carbocycles. The van der Waals surface area contributed by atoms with E-state index < -0.39 is 0 Å². The van der Waals surface area contributed by atoms with E-state index >= 15 is 0 Å². The molecule has 0 amide bonds. The van der Waals surface area contributed by atoms with Crippen molar-refractivity contribution in [2.45, 2.75) is 11.9 Å². The van der Waals surface area contributed by atoms with Crippen molar-refractivity contribution < 1.29 is 9.13 Å². The van der Waals surface area contributed by atoms with Crippen molar-refractivity contribution in [3.05, 3.63) is 64.4 Å². The maximum absolute atomic E-state index is 13.3. The second-order valence-electron chi connectivity index (χ2n) is 3.85. The zero-order chi connectivity index (χ0) is 13.0. The number of alkyl halides is 1. The van der Waals surface area contributed by atoms with Gasteiger partial charge < -0.3 is 4.74 Å². The third kappa shape index (κ3) is 3.72. The monoisotopic (exact) mass is 328 g/mol. The van der Waals surface area contributed by atoms with E-state index in [1.807, 2.05) is 24.3 Å². The van der Waals surface area contributed by atoms with Crippen LogP contribution in [0.2, 0.25) is 5.02 Å². The zero-order valence-electron chi connectivity index (χ0n) is 9.50. The molecule has 0 radical (unpaired) electrons. The molecule has 0 aliphatic heterocycles. The Hall–Kier alpha value is -1.06. The molecule has 0 aliphatic rings. The van der Waals surface area contributed by atoms with E-state index in [4.69, 9.17) is 16.3 Å². The lowest BCUT2D eigenvalue weighted by molar-refractivity contribution is 0.304. The van der Waals surface area contributed by atoms with Gasteiger partial charge in [0.25, 0.3) is 0 Å². The molecule has 94 valence electrons. The number of rotatable bonds is 4. The Balaban J connectivity index is 2.08. The van der Waals surface area contributed by atoms with Gasteiger partial charge in [-0.1, -0.05) is 39.7 Å². The van der Waals surface area contributed by atoms with E-state index in [1.165, 1.54) is 12.1 Å². The van der Waals surface area contributed by atoms with Crippen LogP contribution in [0.15, 0.2) is 42.5 Å². The van der Waals surface area contributed by atoms with Crippen LogP contribution in [-0.2, 0) is 11.9 Å². The number of hydrogen-bond donors (Lipinski definition) is 0. The van der Waals surface area contributed by atoms with E-state index in [-0.39, 0.29) is 5.82 Å². The van der Waals surface area contributed by atoms with E-state index in [9.17, 15) is 4.39 Å². The standard InChI is InChI=1S/C14H11BrClFO/c15-8-11-5-13(17)7-14(6-11)18-9-10-2-1-3-12(16)4-10/h1-7H,8-9H2. The molecule has 0 saturated heterocycles. The number of benzene rings is 2. The van der Waals surface area contributed by atoms with Crippen LogP contribution < -0.4 is 4.74 Å². The summed E-state index contributed by atoms with van der Waals surface area (Å²) < 4.78 is 18.8. The molecule has 2 aromatic rings. The third-order valence-electron chi connectivity index (χ3n) is 2.38. The van der Waals surface area contributed by atoms with Crippen LogP contribution in [-0.4, -0.2) is 0 Å². The van der Waals surface area contributed by atoms with E-state index in [0.29, 0.717) is 22.7 Å². The largest absolute Gasteiger partial charge is 0.489 e. The average Bonchev–Trinajstić information content (AvgIpc) is 2.36. The molecule has 0 saturated carbocycles. The lowest BCUT2D eigenvalue weighted by Gasteiger charge is -2.08. The second-order valence-corrected chi connectivity index (χ2v) is 4.84. The molecule has 0 unspecified atom stereocenters. The lowest BCUT2D eigenvalue weighted by Crippen LogP contribution is -1.96. The maximum atomic E-state index is 13.3. The molecule has 18 heavy (non-hydrogen) atoms. The van der Waals surface area contributed by atoms with Gasteiger partial charge in [0.1, 0.15) is 18.2 Å². The molecular weight excluding hydrogens is 319 g/mol. The minimum atomic E-state index is -0.298. The minimum absolute atomic E-state index is 0.298. The lowest BCUT2D eigenvalue weighted by atomic mass is 10.2. The van der Waals surface area contributed by atoms with Crippen LogP contribution >= 0.6 is 27.5 Å². The van der Waals surface area contributed by atoms with Crippen LogP contribution in [0, 0.1) is 5.82 Å². The molecule has 0 aliphatic carbocycles. The van der Waals surface area contributed by atoms with Crippen molar-refractivity contribution >= 4 is 27.5 Å². The summed E-state index contributed by atoms with van der Waals surface area (Å²) in [5.41, 5.74) is 1.79. The van der Waals surface area contributed by atoms with Gasteiger partial charge in [0.05, 0.1) is 0 Å². The van der Waals surface area contributed by atoms with Crippen molar-refractivity contribution in [3.63, 3.8) is 0 Å². The first kappa shape index (κ1) is 13.4. The van der Waals surface area contributed by atoms with Crippen molar-refractivity contribution in [1.82, 2.24) is 0 Å². The smallest absolute Gasteiger partial charge is 0.127 e. The van der Waals surface area contributed by atoms with E-state index in [2.05, 4.69) is 15.9 Å². The number of hydrogen-bond acceptors (Lipinski definition) is 1. The van der Waals surface area contributed by atoms with Crippen LogP contribution in [0.1, 0.15) is 11.1 Å². The van der Waals surface area contributed by atoms with Crippen molar-refractivity contribution in [2.24, 2.45) is 0 Å². The van der Waals surface area contributed by atoms with Crippen molar-refractivity contribution in [1.29, 1.82) is 0 Å². The Morgan fingerprint density at radius 1 is 1.11 bits per heavy atom. The van der Waals surface area contributed by atoms with Gasteiger partial charge in [0.15, 0.2) is 0 Å². The molecule has 0 N–H and O–H groups in total. The summed E-state index contributed by atoms with van der Waals surface area (Å²) in [5, 5.41) is 1.26. The van der Waals surface area contributed by atoms with Gasteiger partial charge >= 0.3 is 0 Å². The molecule has 0 fully saturated rings. The van der Waals surface area contributed by atoms with Crippen LogP contribution in [0.5, 0.6) is 5.75 Å². The predicted octanol–water partition coefficient (Wildman–Crippen LogP) is 4.95. The molecule has 2 rings (SSSR count). The fourth-order valence-corrected chi connectivity index (χ4v) is 2.11. The Bertz CT molecular complexity index is 545. The van der Waals surface area contributed by atoms with Gasteiger partial charge in [-0.3, -0.25) is 0 Å². The van der Waals surface area contributed by atoms with Gasteiger partial charge in [0.2, 0.25) is 0 Å². The van der Waals surface area contributed by atoms with Crippen LogP contribution in [0.4, 0.5) is 4.39 Å². The molecule has 4 heteroatoms. The zero-order valence-corrected chi connectivity index (χ0v) is 11.8. The fraction of sp³-hybridized carbons (Fsp3) is 0.143. The molecule has 1 nitrogen and oxygen atoms in total. The summed E-state index contributed by atoms with van der Waals surface area (Å²) in [4.78, 5) is 0. The van der Waals surface area contributed by atoms with Gasteiger partial charge in [-0.15, -0.1) is 0 Å². The molecular formula is C14H11BrClFO. The van der Waals surface area contributed by atoms with Crippen molar-refractivity contribution in [3.8, 4) is 5.75 Å². The molecule has 0 heterocycles. The first-order valence-electron chi connectivity index (χ1n) is 5.40. The molecule has 0 spiro atoms. The summed E-state index contributed by atoms with van der Waals surface area (Å²) in [6, 6.07) is 12.1. The summed E-state index contributed by atoms with van der Waals surface area (Å²) in [7, 11) is 0. The molecule has 0 atom stereocenters. The van der Waals surface area contributed by atoms with Gasteiger partial charge in [0, 0.05) is 16.4 Å². The quantitative estimate of drug-likeness (QED) is 0.721. The van der Waals surface area contributed by atoms with Crippen LogP contribution in [0.3, 0.4) is 0 Å². The Kier molecular flexibility index (Phi) is 4.61. The summed E-state index contributed by atoms with van der Waals surface area (Å²) >= 11 is 9.17. The minimum Gasteiger partial charge on any atom is -0.489 e. The average molecular weight is 330 g/mol. The highest BCUT2D eigenvalue weighted by molar-refractivity contribution is 9.08. The van der Waals surface area contributed by atoms with Crippen molar-refractivity contribution in [2.75, 3.05) is 0 Å². The first-order valence-corrected chi connectivity index (χ1v) is 6.90. The first-order chi connectivity index (χ1) is 8.67. The SMILES string of the molecule is Fc1cc(CBr)cc(OCc2cccc(Cl)c2)c1. The Labute approximate surface area is 119 Å². The topological polar surface area (TPSA) is 9.23 Å². The Morgan fingerprint density at radius 3 is 2.67 bits per heavy atom. The van der Waals surface area contributed by atoms with Gasteiger partial charge in [-0.25, -0.2) is 4.39 Å². The van der Waals surface area contributed by atoms with Gasteiger partial charge in [-0.2, -0.15) is 0 Å². The van der Waals surface area contributed by atoms with E-state index in [1.54, 1.807) is 6.07 Å². The maximum Gasteiger partial charge on any atom is 0.127 e. The third-order valence-corrected chi connectivity index (χ3v) is 3.26. The fourth-order valence-electron chi connectivity index (χ4n) is 1.57. The highest BCUT2D eigenvalue weighted by atomic mass is 79.9. The number of halogens is 3. The Morgan fingerprint density at radius 2 is 1.94 bits per heavy atom. The highest BCUT2D eigenvalue weighted by Crippen LogP contribution is 2.20. The predicted molar refractivity (Wildman–Crippen MR) is 74.8 cm³/mol. The van der Waals surface area contributed by atoms with E-state index in [0.717, 1.165) is 11.1 Å². The molecule has 0 aromatic heterocycles. The summed E-state index contributed by atoms with van der Waals surface area (Å²) in [6.07, 6.45) is 0. The summed E-state index contributed by atoms with van der Waals surface area (Å²) in [6.45, 7) is 0.367. The highest BCUT2D eigenvalue weighted by Gasteiger charge is 2.02. The second kappa shape index (κ2) is 6.21.